The van der Waals surface area contributed by atoms with E-state index >= 15 is 0 Å². The van der Waals surface area contributed by atoms with Gasteiger partial charge in [0.25, 0.3) is 0 Å². The van der Waals surface area contributed by atoms with Crippen LogP contribution in [0.1, 0.15) is 66.7 Å². The van der Waals surface area contributed by atoms with Crippen molar-refractivity contribution in [2.75, 3.05) is 20.8 Å². The van der Waals surface area contributed by atoms with Crippen LogP contribution >= 0.6 is 0 Å². The molecule has 0 radical (unpaired) electrons. The first-order valence-electron chi connectivity index (χ1n) is 11.6. The van der Waals surface area contributed by atoms with Gasteiger partial charge in [0.05, 0.1) is 23.4 Å². The molecule has 1 spiro atoms. The van der Waals surface area contributed by atoms with Crippen molar-refractivity contribution in [1.29, 1.82) is 0 Å². The lowest BCUT2D eigenvalue weighted by molar-refractivity contribution is -0.165. The van der Waals surface area contributed by atoms with E-state index in [1.54, 1.807) is 6.92 Å². The average molecular weight is 477 g/mol. The number of rotatable bonds is 10. The van der Waals surface area contributed by atoms with E-state index in [0.717, 1.165) is 20.0 Å². The van der Waals surface area contributed by atoms with Crippen LogP contribution in [0.2, 0.25) is 0 Å². The molecule has 1 aliphatic carbocycles. The number of hydrogen-bond donors (Lipinski definition) is 5. The highest BCUT2D eigenvalue weighted by Gasteiger charge is 2.64. The minimum Gasteiger partial charge on any atom is -0.443 e. The van der Waals surface area contributed by atoms with E-state index in [2.05, 4.69) is 19.2 Å². The molecule has 6 N–H and O–H groups in total. The largest absolute Gasteiger partial charge is 0.443 e. The van der Waals surface area contributed by atoms with Crippen LogP contribution in [0.5, 0.6) is 0 Å². The van der Waals surface area contributed by atoms with Crippen LogP contribution in [0.15, 0.2) is 0 Å². The second kappa shape index (κ2) is 11.8. The molecule has 194 valence electrons. The number of methoxy groups -OCH3 is 1. The molecule has 1 saturated heterocycles. The van der Waals surface area contributed by atoms with Gasteiger partial charge in [-0.1, -0.05) is 26.7 Å². The molecule has 0 aromatic heterocycles. The zero-order valence-corrected chi connectivity index (χ0v) is 21.1. The number of aliphatic hydroxyl groups is 3. The van der Waals surface area contributed by atoms with Crippen LogP contribution in [0, 0.1) is 11.8 Å². The molecule has 6 atom stereocenters. The normalized spacial score (nSPS) is 29.5. The Labute approximate surface area is 197 Å². The number of epoxide rings is 1. The Kier molecular flexibility index (Phi) is 10.6. The van der Waals surface area contributed by atoms with E-state index in [-0.39, 0.29) is 5.92 Å². The van der Waals surface area contributed by atoms with Gasteiger partial charge in [0.15, 0.2) is 0 Å². The number of aliphatic hydroxyl groups excluding tert-OH is 1. The summed E-state index contributed by atoms with van der Waals surface area (Å²) in [6.07, 6.45) is 1.48. The Morgan fingerprint density at radius 1 is 1.24 bits per heavy atom. The maximum atomic E-state index is 12.5. The van der Waals surface area contributed by atoms with Crippen molar-refractivity contribution in [2.45, 2.75) is 102 Å². The van der Waals surface area contributed by atoms with Crippen LogP contribution in [0.4, 0.5) is 4.79 Å². The molecule has 1 saturated carbocycles. The molecule has 10 heteroatoms. The number of carbonyl (C=O) groups is 2. The van der Waals surface area contributed by atoms with Crippen LogP contribution in [0.3, 0.4) is 0 Å². The van der Waals surface area contributed by atoms with Gasteiger partial charge >= 0.3 is 6.09 Å². The van der Waals surface area contributed by atoms with Crippen molar-refractivity contribution < 1.29 is 39.1 Å². The maximum absolute atomic E-state index is 12.5. The third kappa shape index (κ3) is 7.78. The standard InChI is InChI=1S/C22H40N2O7.CH4O/c1-13(2)8-7-10-21(5,28)16-15(29-6)14(9-11-22(16)12-30-22)31-19(26)24-17(18(23)25)20(3,4)27;1-2/h13-17,27-28H,7-12H2,1-6H3,(H2,23,25)(H,24,26);2H,1H3/t14-,15-,16?,17+,21+,22+;/m1./s1. The van der Waals surface area contributed by atoms with Crippen LogP contribution in [0.25, 0.3) is 0 Å². The van der Waals surface area contributed by atoms with Crippen molar-refractivity contribution in [1.82, 2.24) is 5.32 Å². The first-order valence-corrected chi connectivity index (χ1v) is 11.6. The predicted octanol–water partition coefficient (Wildman–Crippen LogP) is 1.09. The van der Waals surface area contributed by atoms with E-state index in [0.29, 0.717) is 31.8 Å². The van der Waals surface area contributed by atoms with Crippen molar-refractivity contribution >= 4 is 12.0 Å². The Morgan fingerprint density at radius 3 is 2.24 bits per heavy atom. The van der Waals surface area contributed by atoms with Gasteiger partial charge in [0.2, 0.25) is 5.91 Å². The molecule has 10 nitrogen and oxygen atoms in total. The summed E-state index contributed by atoms with van der Waals surface area (Å²) in [4.78, 5) is 24.2. The molecular formula is C23H44N2O8. The van der Waals surface area contributed by atoms with Crippen LogP contribution in [-0.4, -0.2) is 83.2 Å². The number of amides is 2. The second-order valence-electron chi connectivity index (χ2n) is 10.3. The Bertz CT molecular complexity index is 643. The molecular weight excluding hydrogens is 432 g/mol. The Morgan fingerprint density at radius 2 is 1.82 bits per heavy atom. The number of carbonyl (C=O) groups excluding carboxylic acids is 2. The highest BCUT2D eigenvalue weighted by molar-refractivity contribution is 5.85. The lowest BCUT2D eigenvalue weighted by Gasteiger charge is -2.47. The van der Waals surface area contributed by atoms with Gasteiger partial charge in [-0.15, -0.1) is 0 Å². The van der Waals surface area contributed by atoms with Crippen molar-refractivity contribution in [3.63, 3.8) is 0 Å². The number of nitrogens with two attached hydrogens (primary N) is 1. The molecule has 0 bridgehead atoms. The maximum Gasteiger partial charge on any atom is 0.408 e. The molecule has 0 aromatic carbocycles. The van der Waals surface area contributed by atoms with Crippen molar-refractivity contribution in [3.8, 4) is 0 Å². The minimum atomic E-state index is -1.55. The van der Waals surface area contributed by atoms with Crippen molar-refractivity contribution in [2.24, 2.45) is 17.6 Å². The molecule has 2 aliphatic rings. The van der Waals surface area contributed by atoms with E-state index in [9.17, 15) is 19.8 Å². The lowest BCUT2D eigenvalue weighted by atomic mass is 9.66. The summed E-state index contributed by atoms with van der Waals surface area (Å²) in [5, 5.41) is 30.8. The molecule has 2 fully saturated rings. The Hall–Kier alpha value is -1.46. The van der Waals surface area contributed by atoms with Gasteiger partial charge in [-0.2, -0.15) is 0 Å². The van der Waals surface area contributed by atoms with Gasteiger partial charge < -0.3 is 40.6 Å². The summed E-state index contributed by atoms with van der Waals surface area (Å²) in [6.45, 7) is 9.38. The molecule has 33 heavy (non-hydrogen) atoms. The summed E-state index contributed by atoms with van der Waals surface area (Å²) < 4.78 is 17.1. The molecule has 2 amide bonds. The summed E-state index contributed by atoms with van der Waals surface area (Å²) in [7, 11) is 2.53. The van der Waals surface area contributed by atoms with E-state index in [4.69, 9.17) is 25.1 Å². The zero-order valence-electron chi connectivity index (χ0n) is 21.1. The van der Waals surface area contributed by atoms with Crippen LogP contribution in [-0.2, 0) is 19.0 Å². The summed E-state index contributed by atoms with van der Waals surface area (Å²) in [5.41, 5.74) is 2.22. The minimum absolute atomic E-state index is 0.370. The van der Waals surface area contributed by atoms with Crippen LogP contribution < -0.4 is 11.1 Å². The molecule has 0 aromatic rings. The second-order valence-corrected chi connectivity index (χ2v) is 10.3. The number of alkyl carbamates (subject to hydrolysis) is 1. The van der Waals surface area contributed by atoms with Gasteiger partial charge in [0.1, 0.15) is 18.2 Å². The predicted molar refractivity (Wildman–Crippen MR) is 122 cm³/mol. The quantitative estimate of drug-likeness (QED) is 0.292. The highest BCUT2D eigenvalue weighted by atomic mass is 16.6. The molecule has 1 unspecified atom stereocenters. The third-order valence-corrected chi connectivity index (χ3v) is 6.55. The fourth-order valence-electron chi connectivity index (χ4n) is 4.88. The van der Waals surface area contributed by atoms with Gasteiger partial charge in [-0.05, 0) is 46.0 Å². The van der Waals surface area contributed by atoms with Gasteiger partial charge in [-0.3, -0.25) is 4.79 Å². The molecule has 1 heterocycles. The monoisotopic (exact) mass is 476 g/mol. The average Bonchev–Trinajstić information content (AvgIpc) is 3.46. The highest BCUT2D eigenvalue weighted by Crippen LogP contribution is 2.53. The number of primary amides is 1. The number of hydrogen-bond acceptors (Lipinski definition) is 8. The summed E-state index contributed by atoms with van der Waals surface area (Å²) in [6, 6.07) is -1.31. The smallest absolute Gasteiger partial charge is 0.408 e. The first kappa shape index (κ1) is 29.6. The third-order valence-electron chi connectivity index (χ3n) is 6.55. The Balaban J connectivity index is 0.00000265. The van der Waals surface area contributed by atoms with E-state index < -0.39 is 47.1 Å². The lowest BCUT2D eigenvalue weighted by Crippen LogP contribution is -2.60. The first-order chi connectivity index (χ1) is 15.2. The van der Waals surface area contributed by atoms with Gasteiger partial charge in [0, 0.05) is 20.1 Å². The van der Waals surface area contributed by atoms with Gasteiger partial charge in [-0.25, -0.2) is 4.79 Å². The van der Waals surface area contributed by atoms with Crippen molar-refractivity contribution in [3.05, 3.63) is 0 Å². The number of nitrogens with one attached hydrogen (secondary N) is 1. The van der Waals surface area contributed by atoms with E-state index in [1.807, 2.05) is 0 Å². The number of ether oxygens (including phenoxy) is 3. The molecule has 1 aliphatic heterocycles. The summed E-state index contributed by atoms with van der Waals surface area (Å²) >= 11 is 0. The summed E-state index contributed by atoms with van der Waals surface area (Å²) in [5.74, 6) is -0.696. The molecule has 2 rings (SSSR count). The fourth-order valence-corrected chi connectivity index (χ4v) is 4.88. The SMILES string of the molecule is CO.CO[C@H]1C([C@@](C)(O)CCCC(C)C)[C@]2(CC[C@H]1OC(=O)N[C@@H](C(N)=O)C(C)(C)O)CO2. The van der Waals surface area contributed by atoms with E-state index in [1.165, 1.54) is 21.0 Å². The fraction of sp³-hybridized carbons (Fsp3) is 0.913. The topological polar surface area (TPSA) is 164 Å². The zero-order chi connectivity index (χ0) is 25.6.